The summed E-state index contributed by atoms with van der Waals surface area (Å²) in [6.07, 6.45) is 1.32. The first kappa shape index (κ1) is 19.8. The van der Waals surface area contributed by atoms with Crippen LogP contribution in [0.15, 0.2) is 24.3 Å². The molecule has 1 fully saturated rings. The maximum absolute atomic E-state index is 13.0. The fraction of sp³-hybridized carbons (Fsp3) is 0.526. The van der Waals surface area contributed by atoms with Gasteiger partial charge in [-0.3, -0.25) is 9.59 Å². The summed E-state index contributed by atoms with van der Waals surface area (Å²) >= 11 is 0. The number of likely N-dealkylation sites (tertiary alicyclic amines) is 1. The van der Waals surface area contributed by atoms with Gasteiger partial charge in [0.2, 0.25) is 5.91 Å². The highest BCUT2D eigenvalue weighted by molar-refractivity contribution is 5.98. The number of methoxy groups -OCH3 is 2. The number of nitrogens with zero attached hydrogens (tertiary/aromatic N) is 1. The highest BCUT2D eigenvalue weighted by atomic mass is 16.5. The predicted molar refractivity (Wildman–Crippen MR) is 95.8 cm³/mol. The quantitative estimate of drug-likeness (QED) is 0.777. The molecule has 0 aliphatic carbocycles. The molecular weight excluding hydrogens is 336 g/mol. The molecule has 0 aromatic heterocycles. The van der Waals surface area contributed by atoms with Crippen molar-refractivity contribution in [1.82, 2.24) is 10.2 Å². The molecule has 0 bridgehead atoms. The molecular formula is C19H26N2O5. The number of hydrogen-bond acceptors (Lipinski definition) is 5. The largest absolute Gasteiger partial charge is 0.497 e. The SMILES string of the molecule is COC(=O)[C@@H]1CCCN1C(=O)[C@@H](NC(=O)c1ccc(OC)cc1)C(C)C. The van der Waals surface area contributed by atoms with Crippen LogP contribution in [0.1, 0.15) is 37.0 Å². The van der Waals surface area contributed by atoms with Gasteiger partial charge in [0.05, 0.1) is 14.2 Å². The Morgan fingerprint density at radius 2 is 1.81 bits per heavy atom. The van der Waals surface area contributed by atoms with Crippen molar-refractivity contribution in [2.75, 3.05) is 20.8 Å². The first-order valence-corrected chi connectivity index (χ1v) is 8.72. The zero-order valence-corrected chi connectivity index (χ0v) is 15.7. The van der Waals surface area contributed by atoms with Gasteiger partial charge in [-0.15, -0.1) is 0 Å². The van der Waals surface area contributed by atoms with Crippen LogP contribution in [0.25, 0.3) is 0 Å². The number of amides is 2. The Bertz CT molecular complexity index is 656. The van der Waals surface area contributed by atoms with E-state index < -0.39 is 18.1 Å². The summed E-state index contributed by atoms with van der Waals surface area (Å²) in [7, 11) is 2.87. The Hall–Kier alpha value is -2.57. The van der Waals surface area contributed by atoms with Crippen molar-refractivity contribution in [2.24, 2.45) is 5.92 Å². The van der Waals surface area contributed by atoms with Gasteiger partial charge in [-0.05, 0) is 43.0 Å². The zero-order chi connectivity index (χ0) is 19.3. The van der Waals surface area contributed by atoms with Crippen LogP contribution in [-0.4, -0.2) is 55.5 Å². The van der Waals surface area contributed by atoms with Crippen LogP contribution in [-0.2, 0) is 14.3 Å². The van der Waals surface area contributed by atoms with E-state index in [4.69, 9.17) is 9.47 Å². The van der Waals surface area contributed by atoms with Gasteiger partial charge >= 0.3 is 5.97 Å². The van der Waals surface area contributed by atoms with Crippen molar-refractivity contribution in [3.8, 4) is 5.75 Å². The predicted octanol–water partition coefficient (Wildman–Crippen LogP) is 1.61. The van der Waals surface area contributed by atoms with E-state index in [2.05, 4.69) is 5.32 Å². The standard InChI is InChI=1S/C19H26N2O5/c1-12(2)16(18(23)21-11-5-6-15(21)19(24)26-4)20-17(22)13-7-9-14(25-3)10-8-13/h7-10,12,15-16H,5-6,11H2,1-4H3,(H,20,22)/t15-,16-/m0/s1. The Balaban J connectivity index is 2.13. The molecule has 2 amide bonds. The lowest BCUT2D eigenvalue weighted by molar-refractivity contribution is -0.151. The molecule has 7 heteroatoms. The summed E-state index contributed by atoms with van der Waals surface area (Å²) in [5, 5.41) is 2.80. The van der Waals surface area contributed by atoms with Crippen molar-refractivity contribution >= 4 is 17.8 Å². The van der Waals surface area contributed by atoms with Crippen LogP contribution < -0.4 is 10.1 Å². The molecule has 26 heavy (non-hydrogen) atoms. The molecule has 1 aromatic carbocycles. The molecule has 1 aliphatic rings. The highest BCUT2D eigenvalue weighted by Gasteiger charge is 2.39. The van der Waals surface area contributed by atoms with E-state index in [1.54, 1.807) is 31.4 Å². The van der Waals surface area contributed by atoms with E-state index in [-0.39, 0.29) is 17.7 Å². The van der Waals surface area contributed by atoms with Crippen LogP contribution in [0.4, 0.5) is 0 Å². The van der Waals surface area contributed by atoms with Crippen LogP contribution >= 0.6 is 0 Å². The molecule has 1 aliphatic heterocycles. The average molecular weight is 362 g/mol. The summed E-state index contributed by atoms with van der Waals surface area (Å²) < 4.78 is 9.88. The summed E-state index contributed by atoms with van der Waals surface area (Å²) in [6, 6.07) is 5.37. The van der Waals surface area contributed by atoms with Crippen LogP contribution in [0.5, 0.6) is 5.75 Å². The molecule has 1 heterocycles. The number of ether oxygens (including phenoxy) is 2. The van der Waals surface area contributed by atoms with E-state index >= 15 is 0 Å². The Labute approximate surface area is 153 Å². The average Bonchev–Trinajstić information content (AvgIpc) is 3.14. The lowest BCUT2D eigenvalue weighted by Gasteiger charge is -2.29. The fourth-order valence-electron chi connectivity index (χ4n) is 3.07. The second kappa shape index (κ2) is 8.69. The third kappa shape index (κ3) is 4.33. The first-order chi connectivity index (χ1) is 12.4. The molecule has 1 saturated heterocycles. The molecule has 2 atom stereocenters. The lowest BCUT2D eigenvalue weighted by Crippen LogP contribution is -2.53. The minimum absolute atomic E-state index is 0.122. The van der Waals surface area contributed by atoms with E-state index in [9.17, 15) is 14.4 Å². The molecule has 0 spiro atoms. The second-order valence-electron chi connectivity index (χ2n) is 6.64. The molecule has 7 nitrogen and oxygen atoms in total. The number of carbonyl (C=O) groups excluding carboxylic acids is 3. The summed E-state index contributed by atoms with van der Waals surface area (Å²) in [4.78, 5) is 38.9. The van der Waals surface area contributed by atoms with Crippen LogP contribution in [0.2, 0.25) is 0 Å². The number of rotatable bonds is 6. The van der Waals surface area contributed by atoms with Gasteiger partial charge in [0.1, 0.15) is 17.8 Å². The van der Waals surface area contributed by atoms with Crippen molar-refractivity contribution in [1.29, 1.82) is 0 Å². The first-order valence-electron chi connectivity index (χ1n) is 8.72. The third-order valence-corrected chi connectivity index (χ3v) is 4.58. The van der Waals surface area contributed by atoms with Gasteiger partial charge < -0.3 is 19.7 Å². The topological polar surface area (TPSA) is 84.9 Å². The molecule has 0 saturated carbocycles. The normalized spacial score (nSPS) is 17.7. The number of hydrogen-bond donors (Lipinski definition) is 1. The molecule has 0 unspecified atom stereocenters. The fourth-order valence-corrected chi connectivity index (χ4v) is 3.07. The van der Waals surface area contributed by atoms with Crippen molar-refractivity contribution in [2.45, 2.75) is 38.8 Å². The summed E-state index contributed by atoms with van der Waals surface area (Å²) in [5.74, 6) is -0.484. The van der Waals surface area contributed by atoms with E-state index in [0.717, 1.165) is 6.42 Å². The lowest BCUT2D eigenvalue weighted by atomic mass is 10.0. The molecule has 1 N–H and O–H groups in total. The summed E-state index contributed by atoms with van der Waals surface area (Å²) in [5.41, 5.74) is 0.440. The second-order valence-corrected chi connectivity index (χ2v) is 6.64. The number of nitrogens with one attached hydrogen (secondary N) is 1. The number of carbonyl (C=O) groups is 3. The molecule has 142 valence electrons. The van der Waals surface area contributed by atoms with Crippen molar-refractivity contribution in [3.05, 3.63) is 29.8 Å². The van der Waals surface area contributed by atoms with Gasteiger partial charge in [0, 0.05) is 12.1 Å². The van der Waals surface area contributed by atoms with Crippen LogP contribution in [0, 0.1) is 5.92 Å². The smallest absolute Gasteiger partial charge is 0.328 e. The third-order valence-electron chi connectivity index (χ3n) is 4.58. The van der Waals surface area contributed by atoms with Crippen molar-refractivity contribution < 1.29 is 23.9 Å². The van der Waals surface area contributed by atoms with Crippen LogP contribution in [0.3, 0.4) is 0 Å². The monoisotopic (exact) mass is 362 g/mol. The van der Waals surface area contributed by atoms with Crippen molar-refractivity contribution in [3.63, 3.8) is 0 Å². The van der Waals surface area contributed by atoms with Gasteiger partial charge in [0.25, 0.3) is 5.91 Å². The van der Waals surface area contributed by atoms with E-state index in [0.29, 0.717) is 24.3 Å². The zero-order valence-electron chi connectivity index (χ0n) is 15.7. The number of benzene rings is 1. The van der Waals surface area contributed by atoms with Gasteiger partial charge in [-0.2, -0.15) is 0 Å². The number of esters is 1. The Morgan fingerprint density at radius 1 is 1.15 bits per heavy atom. The minimum atomic E-state index is -0.713. The van der Waals surface area contributed by atoms with E-state index in [1.165, 1.54) is 12.0 Å². The molecule has 1 aromatic rings. The highest BCUT2D eigenvalue weighted by Crippen LogP contribution is 2.21. The molecule has 0 radical (unpaired) electrons. The Kier molecular flexibility index (Phi) is 6.60. The van der Waals surface area contributed by atoms with E-state index in [1.807, 2.05) is 13.8 Å². The maximum atomic E-state index is 13.0. The van der Waals surface area contributed by atoms with Gasteiger partial charge in [0.15, 0.2) is 0 Å². The minimum Gasteiger partial charge on any atom is -0.497 e. The molecule has 2 rings (SSSR count). The van der Waals surface area contributed by atoms with Gasteiger partial charge in [-0.25, -0.2) is 4.79 Å². The Morgan fingerprint density at radius 3 is 2.35 bits per heavy atom. The van der Waals surface area contributed by atoms with Gasteiger partial charge in [-0.1, -0.05) is 13.8 Å². The maximum Gasteiger partial charge on any atom is 0.328 e. The summed E-state index contributed by atoms with van der Waals surface area (Å²) in [6.45, 7) is 4.21.